The highest BCUT2D eigenvalue weighted by Crippen LogP contribution is 2.04. The van der Waals surface area contributed by atoms with Gasteiger partial charge in [-0.3, -0.25) is 4.98 Å². The molecule has 1 heterocycles. The van der Waals surface area contributed by atoms with Crippen LogP contribution in [0.3, 0.4) is 0 Å². The molecule has 0 atom stereocenters. The maximum Gasteiger partial charge on any atom is 0.337 e. The van der Waals surface area contributed by atoms with Crippen molar-refractivity contribution in [3.05, 3.63) is 29.1 Å². The second-order valence-electron chi connectivity index (χ2n) is 2.29. The van der Waals surface area contributed by atoms with E-state index >= 15 is 0 Å². The Balaban J connectivity index is 3.20. The van der Waals surface area contributed by atoms with Crippen LogP contribution < -0.4 is 0 Å². The van der Waals surface area contributed by atoms with E-state index in [0.717, 1.165) is 0 Å². The van der Waals surface area contributed by atoms with Gasteiger partial charge >= 0.3 is 5.97 Å². The lowest BCUT2D eigenvalue weighted by atomic mass is 10.2. The topological polar surface area (TPSA) is 50.2 Å². The summed E-state index contributed by atoms with van der Waals surface area (Å²) >= 11 is 0. The zero-order valence-electron chi connectivity index (χ0n) is 6.38. The van der Waals surface area contributed by atoms with Gasteiger partial charge in [0.2, 0.25) is 0 Å². The lowest BCUT2D eigenvalue weighted by molar-refractivity contribution is 0.0695. The lowest BCUT2D eigenvalue weighted by Crippen LogP contribution is -2.02. The lowest BCUT2D eigenvalue weighted by Gasteiger charge is -1.98. The molecule has 0 amide bonds. The summed E-state index contributed by atoms with van der Waals surface area (Å²) in [4.78, 5) is 14.4. The van der Waals surface area contributed by atoms with Gasteiger partial charge in [-0.2, -0.15) is 0 Å². The van der Waals surface area contributed by atoms with Gasteiger partial charge in [0, 0.05) is 11.8 Å². The Kier molecular flexibility index (Phi) is 1.89. The molecule has 1 radical (unpaired) electrons. The molecule has 0 aromatic carbocycles. The molecule has 3 heteroatoms. The Morgan fingerprint density at radius 1 is 1.64 bits per heavy atom. The Bertz CT molecular complexity index is 294. The number of hydrogen-bond donors (Lipinski definition) is 1. The van der Waals surface area contributed by atoms with Crippen molar-refractivity contribution in [3.63, 3.8) is 0 Å². The van der Waals surface area contributed by atoms with E-state index < -0.39 is 5.97 Å². The van der Waals surface area contributed by atoms with Crippen LogP contribution in [0.2, 0.25) is 0 Å². The molecule has 1 rings (SSSR count). The molecule has 1 aromatic heterocycles. The van der Waals surface area contributed by atoms with Crippen molar-refractivity contribution >= 4 is 5.97 Å². The van der Waals surface area contributed by atoms with E-state index in [4.69, 9.17) is 5.11 Å². The first-order valence-electron chi connectivity index (χ1n) is 3.20. The Morgan fingerprint density at radius 3 is 2.73 bits per heavy atom. The molecule has 0 spiro atoms. The summed E-state index contributed by atoms with van der Waals surface area (Å²) in [5.74, 6) is -0.953. The second kappa shape index (κ2) is 2.70. The molecule has 0 saturated heterocycles. The minimum atomic E-state index is -0.953. The van der Waals surface area contributed by atoms with E-state index in [-0.39, 0.29) is 5.56 Å². The Labute approximate surface area is 64.7 Å². The van der Waals surface area contributed by atoms with Crippen LogP contribution in [0.15, 0.2) is 6.07 Å². The molecule has 0 unspecified atom stereocenters. The highest BCUT2D eigenvalue weighted by atomic mass is 16.4. The van der Waals surface area contributed by atoms with Gasteiger partial charge in [0.05, 0.1) is 11.3 Å². The highest BCUT2D eigenvalue weighted by molar-refractivity contribution is 5.88. The second-order valence-corrected chi connectivity index (χ2v) is 2.29. The fourth-order valence-electron chi connectivity index (χ4n) is 0.842. The number of carboxylic acid groups (broad SMARTS) is 1. The maximum absolute atomic E-state index is 10.5. The molecule has 0 saturated carbocycles. The van der Waals surface area contributed by atoms with E-state index in [0.29, 0.717) is 11.4 Å². The highest BCUT2D eigenvalue weighted by Gasteiger charge is 2.06. The fraction of sp³-hybridized carbons (Fsp3) is 0.250. The van der Waals surface area contributed by atoms with Crippen molar-refractivity contribution in [2.45, 2.75) is 13.8 Å². The molecule has 0 aliphatic carbocycles. The molecule has 1 aromatic rings. The van der Waals surface area contributed by atoms with Crippen LogP contribution in [0.5, 0.6) is 0 Å². The van der Waals surface area contributed by atoms with Crippen molar-refractivity contribution in [3.8, 4) is 0 Å². The minimum absolute atomic E-state index is 0.218. The van der Waals surface area contributed by atoms with Crippen LogP contribution in [0, 0.1) is 19.9 Å². The Morgan fingerprint density at radius 2 is 2.27 bits per heavy atom. The summed E-state index contributed by atoms with van der Waals surface area (Å²) in [6, 6.07) is 4.17. The molecule has 11 heavy (non-hydrogen) atoms. The standard InChI is InChI=1S/C8H8NO2/c1-5-3-4-7(8(10)11)6(2)9-5/h4H,1-2H3,(H,10,11). The van der Waals surface area contributed by atoms with Gasteiger partial charge in [-0.15, -0.1) is 0 Å². The molecule has 0 aliphatic heterocycles. The number of aromatic nitrogens is 1. The number of pyridine rings is 1. The first kappa shape index (κ1) is 7.72. The smallest absolute Gasteiger partial charge is 0.337 e. The number of carboxylic acids is 1. The first-order valence-corrected chi connectivity index (χ1v) is 3.20. The number of rotatable bonds is 1. The molecule has 57 valence electrons. The molecule has 1 N–H and O–H groups in total. The third-order valence-corrected chi connectivity index (χ3v) is 1.38. The Hall–Kier alpha value is -1.38. The summed E-state index contributed by atoms with van der Waals surface area (Å²) in [5.41, 5.74) is 1.47. The predicted molar refractivity (Wildman–Crippen MR) is 39.5 cm³/mol. The van der Waals surface area contributed by atoms with Crippen LogP contribution in [0.25, 0.3) is 0 Å². The number of aryl methyl sites for hydroxylation is 2. The van der Waals surface area contributed by atoms with Crippen LogP contribution in [-0.4, -0.2) is 16.1 Å². The molecular weight excluding hydrogens is 142 g/mol. The molecule has 3 nitrogen and oxygen atoms in total. The molecule has 0 bridgehead atoms. The number of nitrogens with zero attached hydrogens (tertiary/aromatic N) is 1. The van der Waals surface area contributed by atoms with Gasteiger partial charge in [-0.25, -0.2) is 4.79 Å². The molecular formula is C8H8NO2. The minimum Gasteiger partial charge on any atom is -0.478 e. The van der Waals surface area contributed by atoms with Crippen molar-refractivity contribution in [2.24, 2.45) is 0 Å². The quantitative estimate of drug-likeness (QED) is 0.654. The normalized spacial score (nSPS) is 9.64. The van der Waals surface area contributed by atoms with Crippen LogP contribution in [0.4, 0.5) is 0 Å². The van der Waals surface area contributed by atoms with E-state index in [1.165, 1.54) is 6.07 Å². The van der Waals surface area contributed by atoms with Crippen LogP contribution in [-0.2, 0) is 0 Å². The average molecular weight is 150 g/mol. The summed E-state index contributed by atoms with van der Waals surface area (Å²) in [6.45, 7) is 3.45. The zero-order valence-corrected chi connectivity index (χ0v) is 6.38. The van der Waals surface area contributed by atoms with Gasteiger partial charge in [0.15, 0.2) is 0 Å². The van der Waals surface area contributed by atoms with Crippen molar-refractivity contribution in [1.82, 2.24) is 4.98 Å². The van der Waals surface area contributed by atoms with E-state index in [1.54, 1.807) is 13.8 Å². The van der Waals surface area contributed by atoms with E-state index in [9.17, 15) is 4.79 Å². The van der Waals surface area contributed by atoms with Crippen LogP contribution in [0.1, 0.15) is 21.7 Å². The van der Waals surface area contributed by atoms with Gasteiger partial charge in [-0.1, -0.05) is 0 Å². The monoisotopic (exact) mass is 150 g/mol. The van der Waals surface area contributed by atoms with Gasteiger partial charge < -0.3 is 5.11 Å². The van der Waals surface area contributed by atoms with Gasteiger partial charge in [0.25, 0.3) is 0 Å². The third-order valence-electron chi connectivity index (χ3n) is 1.38. The summed E-state index contributed by atoms with van der Waals surface area (Å²) in [5, 5.41) is 8.60. The molecule has 0 fully saturated rings. The van der Waals surface area contributed by atoms with Crippen LogP contribution >= 0.6 is 0 Å². The number of carbonyl (C=O) groups is 1. The number of aromatic carboxylic acids is 1. The fourth-order valence-corrected chi connectivity index (χ4v) is 0.842. The van der Waals surface area contributed by atoms with Crippen molar-refractivity contribution in [1.29, 1.82) is 0 Å². The van der Waals surface area contributed by atoms with Crippen molar-refractivity contribution in [2.75, 3.05) is 0 Å². The maximum atomic E-state index is 10.5. The van der Waals surface area contributed by atoms with Crippen molar-refractivity contribution < 1.29 is 9.90 Å². The SMILES string of the molecule is Cc1[c]cc(C(=O)O)c(C)n1. The summed E-state index contributed by atoms with van der Waals surface area (Å²) < 4.78 is 0. The number of hydrogen-bond acceptors (Lipinski definition) is 2. The zero-order chi connectivity index (χ0) is 8.43. The third kappa shape index (κ3) is 1.55. The molecule has 0 aliphatic rings. The predicted octanol–water partition coefficient (Wildman–Crippen LogP) is 1.20. The summed E-state index contributed by atoms with van der Waals surface area (Å²) in [7, 11) is 0. The van der Waals surface area contributed by atoms with E-state index in [1.807, 2.05) is 0 Å². The van der Waals surface area contributed by atoms with Gasteiger partial charge in [0.1, 0.15) is 0 Å². The largest absolute Gasteiger partial charge is 0.478 e. The average Bonchev–Trinajstić information content (AvgIpc) is 1.85. The van der Waals surface area contributed by atoms with Gasteiger partial charge in [-0.05, 0) is 19.9 Å². The first-order chi connectivity index (χ1) is 5.11. The van der Waals surface area contributed by atoms with E-state index in [2.05, 4.69) is 11.1 Å². The summed E-state index contributed by atoms with van der Waals surface area (Å²) in [6.07, 6.45) is 0.